The van der Waals surface area contributed by atoms with E-state index in [1.807, 2.05) is 6.92 Å². The zero-order chi connectivity index (χ0) is 29.0. The number of methoxy groups -OCH3 is 1. The van der Waals surface area contributed by atoms with Gasteiger partial charge in [0.15, 0.2) is 11.5 Å². The monoisotopic (exact) mass is 553 g/mol. The molecule has 0 spiro atoms. The van der Waals surface area contributed by atoms with E-state index in [4.69, 9.17) is 18.9 Å². The summed E-state index contributed by atoms with van der Waals surface area (Å²) in [4.78, 5) is 27.8. The lowest BCUT2D eigenvalue weighted by Gasteiger charge is -2.26. The van der Waals surface area contributed by atoms with Gasteiger partial charge in [-0.15, -0.1) is 0 Å². The molecule has 0 aromatic heterocycles. The molecule has 8 nitrogen and oxygen atoms in total. The summed E-state index contributed by atoms with van der Waals surface area (Å²) in [6.45, 7) is 6.26. The van der Waals surface area contributed by atoms with E-state index in [0.717, 1.165) is 17.0 Å². The van der Waals surface area contributed by atoms with Crippen LogP contribution in [0.3, 0.4) is 0 Å². The molecule has 1 aliphatic rings. The molecule has 3 aromatic rings. The number of anilines is 1. The molecule has 1 aliphatic heterocycles. The maximum absolute atomic E-state index is 15.0. The number of ether oxygens (including phenoxy) is 4. The predicted molar refractivity (Wildman–Crippen MR) is 144 cm³/mol. The molecular weight excluding hydrogens is 524 g/mol. The first-order chi connectivity index (χ1) is 19.2. The van der Waals surface area contributed by atoms with Gasteiger partial charge in [-0.25, -0.2) is 8.78 Å². The molecule has 3 aromatic carbocycles. The van der Waals surface area contributed by atoms with Crippen LogP contribution in [-0.2, 0) is 9.59 Å². The van der Waals surface area contributed by atoms with Crippen molar-refractivity contribution in [3.05, 3.63) is 82.9 Å². The van der Waals surface area contributed by atoms with E-state index < -0.39 is 35.1 Å². The second-order valence-corrected chi connectivity index (χ2v) is 8.63. The largest absolute Gasteiger partial charge is 0.507 e. The van der Waals surface area contributed by atoms with E-state index in [2.05, 4.69) is 0 Å². The molecule has 0 bridgehead atoms. The van der Waals surface area contributed by atoms with E-state index in [1.165, 1.54) is 13.2 Å². The second kappa shape index (κ2) is 12.1. The van der Waals surface area contributed by atoms with E-state index in [0.29, 0.717) is 35.5 Å². The van der Waals surface area contributed by atoms with Crippen molar-refractivity contribution >= 4 is 23.1 Å². The van der Waals surface area contributed by atoms with Crippen molar-refractivity contribution in [1.82, 2.24) is 0 Å². The minimum atomic E-state index is -1.30. The SMILES string of the molecule is CCOc1ccc(/C(O)=C2\C(=O)C(=O)N(c3ccc(F)cc3F)C2c2ccc(OC)c(OCC)c2)c(OCC)c1. The number of aliphatic hydroxyl groups excluding tert-OH is 1. The summed E-state index contributed by atoms with van der Waals surface area (Å²) >= 11 is 0. The Morgan fingerprint density at radius 2 is 1.55 bits per heavy atom. The first kappa shape index (κ1) is 28.4. The number of Topliss-reactive ketones (excluding diaryl/α,β-unsaturated/α-hetero) is 1. The van der Waals surface area contributed by atoms with Crippen molar-refractivity contribution in [3.63, 3.8) is 0 Å². The van der Waals surface area contributed by atoms with Gasteiger partial charge >= 0.3 is 0 Å². The molecule has 40 heavy (non-hydrogen) atoms. The summed E-state index contributed by atoms with van der Waals surface area (Å²) in [5.41, 5.74) is -0.200. The molecule has 1 unspecified atom stereocenters. The topological polar surface area (TPSA) is 94.5 Å². The number of nitrogens with zero attached hydrogens (tertiary/aromatic N) is 1. The number of amides is 1. The average molecular weight is 554 g/mol. The number of hydrogen-bond donors (Lipinski definition) is 1. The number of ketones is 1. The Kier molecular flexibility index (Phi) is 8.57. The molecule has 0 radical (unpaired) electrons. The molecule has 0 saturated carbocycles. The van der Waals surface area contributed by atoms with Gasteiger partial charge in [0.2, 0.25) is 0 Å². The van der Waals surface area contributed by atoms with Crippen LogP contribution in [0.2, 0.25) is 0 Å². The standard InChI is InChI=1S/C30H29F2NO7/c1-5-38-19-10-11-20(24(16-19)39-6-2)28(34)26-27(17-8-13-23(37-4)25(14-17)40-7-3)33(30(36)29(26)35)22-12-9-18(31)15-21(22)32/h8-16,27,34H,5-7H2,1-4H3/b28-26+. The lowest BCUT2D eigenvalue weighted by atomic mass is 9.94. The van der Waals surface area contributed by atoms with Crippen LogP contribution in [0.4, 0.5) is 14.5 Å². The summed E-state index contributed by atoms with van der Waals surface area (Å²) in [7, 11) is 1.46. The Bertz CT molecular complexity index is 1470. The Balaban J connectivity index is 1.99. The summed E-state index contributed by atoms with van der Waals surface area (Å²) < 4.78 is 51.1. The van der Waals surface area contributed by atoms with Crippen LogP contribution in [0, 0.1) is 11.6 Å². The molecule has 1 N–H and O–H groups in total. The highest BCUT2D eigenvalue weighted by atomic mass is 19.1. The van der Waals surface area contributed by atoms with Crippen molar-refractivity contribution < 1.29 is 42.4 Å². The van der Waals surface area contributed by atoms with Gasteiger partial charge in [0.25, 0.3) is 11.7 Å². The van der Waals surface area contributed by atoms with Crippen LogP contribution >= 0.6 is 0 Å². The molecule has 0 aliphatic carbocycles. The van der Waals surface area contributed by atoms with Gasteiger partial charge in [-0.3, -0.25) is 14.5 Å². The summed E-state index contributed by atoms with van der Waals surface area (Å²) in [6, 6.07) is 10.7. The van der Waals surface area contributed by atoms with Gasteiger partial charge in [0.05, 0.1) is 49.8 Å². The maximum Gasteiger partial charge on any atom is 0.300 e. The zero-order valence-electron chi connectivity index (χ0n) is 22.5. The highest BCUT2D eigenvalue weighted by Crippen LogP contribution is 2.46. The van der Waals surface area contributed by atoms with Gasteiger partial charge in [-0.05, 0) is 62.7 Å². The fourth-order valence-electron chi connectivity index (χ4n) is 4.58. The van der Waals surface area contributed by atoms with Gasteiger partial charge in [-0.1, -0.05) is 6.07 Å². The molecule has 4 rings (SSSR count). The summed E-state index contributed by atoms with van der Waals surface area (Å²) in [5, 5.41) is 11.6. The lowest BCUT2D eigenvalue weighted by molar-refractivity contribution is -0.132. The van der Waals surface area contributed by atoms with Crippen LogP contribution in [-0.4, -0.2) is 43.7 Å². The minimum Gasteiger partial charge on any atom is -0.507 e. The Morgan fingerprint density at radius 3 is 2.20 bits per heavy atom. The van der Waals surface area contributed by atoms with Crippen molar-refractivity contribution in [2.45, 2.75) is 26.8 Å². The summed E-state index contributed by atoms with van der Waals surface area (Å²) in [6.07, 6.45) is 0. The van der Waals surface area contributed by atoms with Crippen LogP contribution in [0.5, 0.6) is 23.0 Å². The summed E-state index contributed by atoms with van der Waals surface area (Å²) in [5.74, 6) is -3.21. The lowest BCUT2D eigenvalue weighted by Crippen LogP contribution is -2.30. The molecule has 1 atom stereocenters. The first-order valence-electron chi connectivity index (χ1n) is 12.7. The predicted octanol–water partition coefficient (Wildman–Crippen LogP) is 5.80. The van der Waals surface area contributed by atoms with Crippen molar-refractivity contribution in [3.8, 4) is 23.0 Å². The van der Waals surface area contributed by atoms with Crippen LogP contribution in [0.25, 0.3) is 5.76 Å². The Morgan fingerprint density at radius 1 is 0.850 bits per heavy atom. The van der Waals surface area contributed by atoms with Crippen molar-refractivity contribution in [2.24, 2.45) is 0 Å². The third-order valence-electron chi connectivity index (χ3n) is 6.24. The van der Waals surface area contributed by atoms with Crippen LogP contribution in [0.1, 0.15) is 37.9 Å². The number of carbonyl (C=O) groups excluding carboxylic acids is 2. The van der Waals surface area contributed by atoms with E-state index >= 15 is 4.39 Å². The van der Waals surface area contributed by atoms with Gasteiger partial charge in [0, 0.05) is 12.1 Å². The van der Waals surface area contributed by atoms with E-state index in [9.17, 15) is 19.1 Å². The smallest absolute Gasteiger partial charge is 0.300 e. The highest BCUT2D eigenvalue weighted by Gasteiger charge is 2.48. The molecular formula is C30H29F2NO7. The number of rotatable bonds is 10. The highest BCUT2D eigenvalue weighted by molar-refractivity contribution is 6.51. The van der Waals surface area contributed by atoms with Crippen LogP contribution < -0.4 is 23.8 Å². The average Bonchev–Trinajstić information content (AvgIpc) is 3.19. The third-order valence-corrected chi connectivity index (χ3v) is 6.24. The number of hydrogen-bond acceptors (Lipinski definition) is 7. The van der Waals surface area contributed by atoms with E-state index in [-0.39, 0.29) is 35.8 Å². The van der Waals surface area contributed by atoms with Gasteiger partial charge in [-0.2, -0.15) is 0 Å². The van der Waals surface area contributed by atoms with Crippen molar-refractivity contribution in [2.75, 3.05) is 31.8 Å². The van der Waals surface area contributed by atoms with Gasteiger partial charge < -0.3 is 24.1 Å². The molecule has 210 valence electrons. The maximum atomic E-state index is 15.0. The third kappa shape index (κ3) is 5.29. The molecule has 1 amide bonds. The normalized spacial score (nSPS) is 16.2. The molecule has 10 heteroatoms. The second-order valence-electron chi connectivity index (χ2n) is 8.63. The Hall–Kier alpha value is -4.60. The molecule has 1 heterocycles. The number of aliphatic hydroxyl groups is 1. The number of carbonyl (C=O) groups is 2. The number of benzene rings is 3. The van der Waals surface area contributed by atoms with Crippen LogP contribution in [0.15, 0.2) is 60.2 Å². The van der Waals surface area contributed by atoms with Gasteiger partial charge in [0.1, 0.15) is 28.9 Å². The molecule has 1 fully saturated rings. The fourth-order valence-corrected chi connectivity index (χ4v) is 4.58. The Labute approximate surface area is 230 Å². The first-order valence-corrected chi connectivity index (χ1v) is 12.7. The van der Waals surface area contributed by atoms with E-state index in [1.54, 1.807) is 44.2 Å². The fraction of sp³-hybridized carbons (Fsp3) is 0.267. The number of halogens is 2. The quantitative estimate of drug-likeness (QED) is 0.193. The zero-order valence-corrected chi connectivity index (χ0v) is 22.5. The minimum absolute atomic E-state index is 0.131. The van der Waals surface area contributed by atoms with Crippen molar-refractivity contribution in [1.29, 1.82) is 0 Å². The molecule has 1 saturated heterocycles.